The SMILES string of the molecule is CC1CCN(S(=O)(=O)Nc2ccc(CCBr)cc2)CC1. The summed E-state index contributed by atoms with van der Waals surface area (Å²) in [5.74, 6) is 0.616. The Morgan fingerprint density at radius 2 is 1.85 bits per heavy atom. The lowest BCUT2D eigenvalue weighted by atomic mass is 10.0. The monoisotopic (exact) mass is 360 g/mol. The van der Waals surface area contributed by atoms with Crippen molar-refractivity contribution in [1.29, 1.82) is 0 Å². The molecule has 1 aliphatic heterocycles. The van der Waals surface area contributed by atoms with E-state index in [-0.39, 0.29) is 0 Å². The third-order valence-corrected chi connectivity index (χ3v) is 5.60. The molecule has 0 aliphatic carbocycles. The minimum absolute atomic E-state index is 0.609. The fraction of sp³-hybridized carbons (Fsp3) is 0.571. The predicted molar refractivity (Wildman–Crippen MR) is 86.5 cm³/mol. The van der Waals surface area contributed by atoms with Crippen molar-refractivity contribution < 1.29 is 8.42 Å². The van der Waals surface area contributed by atoms with Crippen molar-refractivity contribution in [2.75, 3.05) is 23.1 Å². The molecule has 0 amide bonds. The molecule has 0 bridgehead atoms. The first-order chi connectivity index (χ1) is 9.51. The fourth-order valence-corrected chi connectivity index (χ4v) is 4.00. The number of anilines is 1. The molecule has 1 N–H and O–H groups in total. The van der Waals surface area contributed by atoms with Gasteiger partial charge in [0.1, 0.15) is 0 Å². The van der Waals surface area contributed by atoms with Gasteiger partial charge in [-0.25, -0.2) is 0 Å². The maximum Gasteiger partial charge on any atom is 0.301 e. The molecule has 1 saturated heterocycles. The van der Waals surface area contributed by atoms with Gasteiger partial charge in [0.05, 0.1) is 0 Å². The molecule has 1 heterocycles. The topological polar surface area (TPSA) is 49.4 Å². The summed E-state index contributed by atoms with van der Waals surface area (Å²) in [6.07, 6.45) is 2.81. The molecule has 0 atom stereocenters. The Morgan fingerprint density at radius 3 is 2.40 bits per heavy atom. The third kappa shape index (κ3) is 4.20. The summed E-state index contributed by atoms with van der Waals surface area (Å²) in [7, 11) is -3.41. The molecular formula is C14H21BrN2O2S. The summed E-state index contributed by atoms with van der Waals surface area (Å²) < 4.78 is 28.8. The van der Waals surface area contributed by atoms with Crippen molar-refractivity contribution in [3.8, 4) is 0 Å². The standard InChI is InChI=1S/C14H21BrN2O2S/c1-12-7-10-17(11-8-12)20(18,19)16-14-4-2-13(3-5-14)6-9-15/h2-5,12,16H,6-11H2,1H3. The number of alkyl halides is 1. The summed E-state index contributed by atoms with van der Waals surface area (Å²) in [5.41, 5.74) is 1.82. The summed E-state index contributed by atoms with van der Waals surface area (Å²) >= 11 is 3.39. The number of halogens is 1. The molecule has 0 unspecified atom stereocenters. The van der Waals surface area contributed by atoms with E-state index in [0.717, 1.165) is 24.6 Å². The van der Waals surface area contributed by atoms with Crippen molar-refractivity contribution in [3.63, 3.8) is 0 Å². The Labute approximate surface area is 129 Å². The van der Waals surface area contributed by atoms with Crippen LogP contribution in [0, 0.1) is 5.92 Å². The van der Waals surface area contributed by atoms with Crippen LogP contribution in [0.1, 0.15) is 25.3 Å². The highest BCUT2D eigenvalue weighted by atomic mass is 79.9. The Kier molecular flexibility index (Phi) is 5.46. The second kappa shape index (κ2) is 6.91. The molecule has 1 aliphatic rings. The van der Waals surface area contributed by atoms with Gasteiger partial charge in [0, 0.05) is 24.1 Å². The van der Waals surface area contributed by atoms with Gasteiger partial charge in [0.25, 0.3) is 0 Å². The zero-order valence-corrected chi connectivity index (χ0v) is 14.1. The van der Waals surface area contributed by atoms with Gasteiger partial charge in [-0.05, 0) is 42.9 Å². The van der Waals surface area contributed by atoms with E-state index in [4.69, 9.17) is 0 Å². The summed E-state index contributed by atoms with van der Waals surface area (Å²) in [5, 5.41) is 0.907. The highest BCUT2D eigenvalue weighted by Crippen LogP contribution is 2.20. The van der Waals surface area contributed by atoms with Crippen molar-refractivity contribution in [2.24, 2.45) is 5.92 Å². The van der Waals surface area contributed by atoms with E-state index in [2.05, 4.69) is 27.6 Å². The Balaban J connectivity index is 2.00. The van der Waals surface area contributed by atoms with Crippen LogP contribution in [0.2, 0.25) is 0 Å². The number of nitrogens with one attached hydrogen (secondary N) is 1. The van der Waals surface area contributed by atoms with Crippen LogP contribution < -0.4 is 4.72 Å². The van der Waals surface area contributed by atoms with Crippen LogP contribution in [0.15, 0.2) is 24.3 Å². The molecule has 6 heteroatoms. The predicted octanol–water partition coefficient (Wildman–Crippen LogP) is 3.01. The molecule has 2 rings (SSSR count). The summed E-state index contributed by atoms with van der Waals surface area (Å²) in [6, 6.07) is 7.55. The number of hydrogen-bond acceptors (Lipinski definition) is 2. The Morgan fingerprint density at radius 1 is 1.25 bits per heavy atom. The van der Waals surface area contributed by atoms with Gasteiger partial charge < -0.3 is 0 Å². The molecule has 112 valence electrons. The van der Waals surface area contributed by atoms with Crippen LogP contribution >= 0.6 is 15.9 Å². The third-order valence-electron chi connectivity index (χ3n) is 3.67. The van der Waals surface area contributed by atoms with Gasteiger partial charge in [-0.15, -0.1) is 0 Å². The molecule has 4 nitrogen and oxygen atoms in total. The number of benzene rings is 1. The van der Waals surface area contributed by atoms with Crippen molar-refractivity contribution in [3.05, 3.63) is 29.8 Å². The smallest absolute Gasteiger partial charge is 0.271 e. The summed E-state index contributed by atoms with van der Waals surface area (Å²) in [6.45, 7) is 3.39. The van der Waals surface area contributed by atoms with E-state index in [1.54, 1.807) is 4.31 Å². The van der Waals surface area contributed by atoms with Crippen LogP contribution in [-0.2, 0) is 16.6 Å². The molecule has 1 aromatic rings. The van der Waals surface area contributed by atoms with E-state index in [9.17, 15) is 8.42 Å². The lowest BCUT2D eigenvalue weighted by Crippen LogP contribution is -2.41. The van der Waals surface area contributed by atoms with E-state index in [1.165, 1.54) is 5.56 Å². The molecule has 0 spiro atoms. The van der Waals surface area contributed by atoms with Gasteiger partial charge in [-0.3, -0.25) is 4.72 Å². The van der Waals surface area contributed by atoms with Gasteiger partial charge in [0.2, 0.25) is 0 Å². The minimum atomic E-state index is -3.41. The number of piperidine rings is 1. The van der Waals surface area contributed by atoms with Crippen LogP contribution in [0.4, 0.5) is 5.69 Å². The van der Waals surface area contributed by atoms with E-state index < -0.39 is 10.2 Å². The first-order valence-corrected chi connectivity index (χ1v) is 9.50. The molecule has 0 radical (unpaired) electrons. The first kappa shape index (κ1) is 15.8. The largest absolute Gasteiger partial charge is 0.301 e. The van der Waals surface area contributed by atoms with Crippen LogP contribution in [-0.4, -0.2) is 31.1 Å². The first-order valence-electron chi connectivity index (χ1n) is 6.94. The van der Waals surface area contributed by atoms with Gasteiger partial charge >= 0.3 is 10.2 Å². The highest BCUT2D eigenvalue weighted by Gasteiger charge is 2.26. The number of rotatable bonds is 5. The molecule has 0 aromatic heterocycles. The minimum Gasteiger partial charge on any atom is -0.271 e. The van der Waals surface area contributed by atoms with Gasteiger partial charge in [-0.1, -0.05) is 35.0 Å². The maximum atomic E-state index is 12.3. The van der Waals surface area contributed by atoms with E-state index >= 15 is 0 Å². The Bertz CT molecular complexity index is 523. The highest BCUT2D eigenvalue weighted by molar-refractivity contribution is 9.09. The second-order valence-corrected chi connectivity index (χ2v) is 7.79. The lowest BCUT2D eigenvalue weighted by molar-refractivity contribution is 0.289. The zero-order chi connectivity index (χ0) is 14.6. The summed E-state index contributed by atoms with van der Waals surface area (Å²) in [4.78, 5) is 0. The van der Waals surface area contributed by atoms with Crippen LogP contribution in [0.3, 0.4) is 0 Å². The van der Waals surface area contributed by atoms with E-state index in [0.29, 0.717) is 24.7 Å². The fourth-order valence-electron chi connectivity index (χ4n) is 2.29. The second-order valence-electron chi connectivity index (χ2n) is 5.32. The quantitative estimate of drug-likeness (QED) is 0.820. The number of hydrogen-bond donors (Lipinski definition) is 1. The van der Waals surface area contributed by atoms with Gasteiger partial charge in [0.15, 0.2) is 0 Å². The molecule has 0 saturated carbocycles. The normalized spacial score (nSPS) is 18.1. The lowest BCUT2D eigenvalue weighted by Gasteiger charge is -2.29. The van der Waals surface area contributed by atoms with Crippen molar-refractivity contribution >= 4 is 31.8 Å². The maximum absolute atomic E-state index is 12.3. The van der Waals surface area contributed by atoms with Crippen LogP contribution in [0.5, 0.6) is 0 Å². The molecule has 1 fully saturated rings. The zero-order valence-electron chi connectivity index (χ0n) is 11.7. The molecular weight excluding hydrogens is 340 g/mol. The van der Waals surface area contributed by atoms with E-state index in [1.807, 2.05) is 24.3 Å². The number of aryl methyl sites for hydroxylation is 1. The molecule has 1 aromatic carbocycles. The van der Waals surface area contributed by atoms with Crippen LogP contribution in [0.25, 0.3) is 0 Å². The Hall–Kier alpha value is -0.590. The van der Waals surface area contributed by atoms with Gasteiger partial charge in [-0.2, -0.15) is 12.7 Å². The van der Waals surface area contributed by atoms with Crippen molar-refractivity contribution in [2.45, 2.75) is 26.2 Å². The van der Waals surface area contributed by atoms with Crippen molar-refractivity contribution in [1.82, 2.24) is 4.31 Å². The average Bonchev–Trinajstić information content (AvgIpc) is 2.41. The number of nitrogens with zero attached hydrogens (tertiary/aromatic N) is 1. The molecule has 20 heavy (non-hydrogen) atoms. The average molecular weight is 361 g/mol.